The van der Waals surface area contributed by atoms with Gasteiger partial charge in [-0.25, -0.2) is 0 Å². The minimum atomic E-state index is 0.482. The maximum absolute atomic E-state index is 3.64. The highest BCUT2D eigenvalue weighted by atomic mass is 79.9. The second-order valence-corrected chi connectivity index (χ2v) is 6.89. The lowest BCUT2D eigenvalue weighted by molar-refractivity contribution is 0.498. The van der Waals surface area contributed by atoms with Crippen LogP contribution < -0.4 is 5.32 Å². The first-order valence-corrected chi connectivity index (χ1v) is 8.90. The van der Waals surface area contributed by atoms with Crippen molar-refractivity contribution in [2.45, 2.75) is 32.2 Å². The van der Waals surface area contributed by atoms with Gasteiger partial charge in [-0.3, -0.25) is 0 Å². The summed E-state index contributed by atoms with van der Waals surface area (Å²) >= 11 is 7.27. The van der Waals surface area contributed by atoms with Gasteiger partial charge in [-0.15, -0.1) is 11.3 Å². The average Bonchev–Trinajstić information content (AvgIpc) is 2.99. The van der Waals surface area contributed by atoms with Crippen LogP contribution >= 0.6 is 38.6 Å². The number of nitrogens with one attached hydrogen (secondary N) is 1. The SMILES string of the molecule is CCNC(CCCc1cccs1)c1cscc1Br. The molecule has 0 saturated heterocycles. The predicted octanol–water partition coefficient (Wildman–Crippen LogP) is 5.25. The fraction of sp³-hybridized carbons (Fsp3) is 0.429. The fourth-order valence-electron chi connectivity index (χ4n) is 2.09. The van der Waals surface area contributed by atoms with Gasteiger partial charge in [0.25, 0.3) is 0 Å². The number of aryl methyl sites for hydroxylation is 1. The molecule has 1 atom stereocenters. The second kappa shape index (κ2) is 7.43. The van der Waals surface area contributed by atoms with Gasteiger partial charge in [0.1, 0.15) is 0 Å². The van der Waals surface area contributed by atoms with Crippen molar-refractivity contribution < 1.29 is 0 Å². The van der Waals surface area contributed by atoms with Gasteiger partial charge in [0.2, 0.25) is 0 Å². The van der Waals surface area contributed by atoms with Gasteiger partial charge < -0.3 is 5.32 Å². The molecule has 0 saturated carbocycles. The standard InChI is InChI=1S/C14H18BrNS2/c1-2-16-14(12-9-17-10-13(12)15)7-3-5-11-6-4-8-18-11/h4,6,8-10,14,16H,2-3,5,7H2,1H3. The zero-order chi connectivity index (χ0) is 12.8. The highest BCUT2D eigenvalue weighted by Gasteiger charge is 2.14. The molecule has 0 bridgehead atoms. The van der Waals surface area contributed by atoms with Crippen LogP contribution in [0.1, 0.15) is 36.2 Å². The van der Waals surface area contributed by atoms with Gasteiger partial charge in [0.15, 0.2) is 0 Å². The Labute approximate surface area is 125 Å². The summed E-state index contributed by atoms with van der Waals surface area (Å²) in [4.78, 5) is 1.50. The van der Waals surface area contributed by atoms with Crippen LogP contribution in [-0.4, -0.2) is 6.54 Å². The average molecular weight is 344 g/mol. The van der Waals surface area contributed by atoms with Crippen molar-refractivity contribution in [1.82, 2.24) is 5.32 Å². The van der Waals surface area contributed by atoms with Crippen molar-refractivity contribution in [1.29, 1.82) is 0 Å². The second-order valence-electron chi connectivity index (χ2n) is 4.26. The van der Waals surface area contributed by atoms with E-state index in [1.165, 1.54) is 34.2 Å². The molecule has 1 unspecified atom stereocenters. The van der Waals surface area contributed by atoms with Crippen LogP contribution in [0.3, 0.4) is 0 Å². The van der Waals surface area contributed by atoms with Crippen molar-refractivity contribution in [3.63, 3.8) is 0 Å². The first-order chi connectivity index (χ1) is 8.81. The van der Waals surface area contributed by atoms with Crippen LogP contribution in [0.15, 0.2) is 32.7 Å². The van der Waals surface area contributed by atoms with Gasteiger partial charge in [0, 0.05) is 20.8 Å². The van der Waals surface area contributed by atoms with Crippen molar-refractivity contribution >= 4 is 38.6 Å². The Morgan fingerprint density at radius 1 is 1.39 bits per heavy atom. The van der Waals surface area contributed by atoms with E-state index in [0.717, 1.165) is 6.54 Å². The molecule has 0 spiro atoms. The van der Waals surface area contributed by atoms with Gasteiger partial charge in [0.05, 0.1) is 0 Å². The summed E-state index contributed by atoms with van der Waals surface area (Å²) in [6, 6.07) is 4.85. The monoisotopic (exact) mass is 343 g/mol. The van der Waals surface area contributed by atoms with E-state index in [-0.39, 0.29) is 0 Å². The van der Waals surface area contributed by atoms with Crippen molar-refractivity contribution in [2.24, 2.45) is 0 Å². The Balaban J connectivity index is 1.89. The first-order valence-electron chi connectivity index (χ1n) is 6.28. The molecule has 1 nitrogen and oxygen atoms in total. The lowest BCUT2D eigenvalue weighted by Crippen LogP contribution is -2.20. The van der Waals surface area contributed by atoms with E-state index in [1.54, 1.807) is 11.3 Å². The topological polar surface area (TPSA) is 12.0 Å². The fourth-order valence-corrected chi connectivity index (χ4v) is 4.47. The molecule has 1 N–H and O–H groups in total. The van der Waals surface area contributed by atoms with E-state index in [4.69, 9.17) is 0 Å². The van der Waals surface area contributed by atoms with Crippen LogP contribution in [0.25, 0.3) is 0 Å². The summed E-state index contributed by atoms with van der Waals surface area (Å²) < 4.78 is 1.24. The molecule has 0 aliphatic carbocycles. The van der Waals surface area contributed by atoms with Crippen molar-refractivity contribution in [3.8, 4) is 0 Å². The van der Waals surface area contributed by atoms with Gasteiger partial charge in [-0.05, 0) is 64.1 Å². The maximum atomic E-state index is 3.64. The molecule has 0 fully saturated rings. The summed E-state index contributed by atoms with van der Waals surface area (Å²) in [5.41, 5.74) is 1.41. The molecule has 4 heteroatoms. The summed E-state index contributed by atoms with van der Waals surface area (Å²) in [5.74, 6) is 0. The van der Waals surface area contributed by atoms with E-state index in [0.29, 0.717) is 6.04 Å². The number of hydrogen-bond acceptors (Lipinski definition) is 3. The zero-order valence-electron chi connectivity index (χ0n) is 10.5. The summed E-state index contributed by atoms with van der Waals surface area (Å²) in [5, 5.41) is 10.2. The molecule has 2 heterocycles. The smallest absolute Gasteiger partial charge is 0.0339 e. The van der Waals surface area contributed by atoms with Gasteiger partial charge >= 0.3 is 0 Å². The highest BCUT2D eigenvalue weighted by molar-refractivity contribution is 9.10. The highest BCUT2D eigenvalue weighted by Crippen LogP contribution is 2.30. The van der Waals surface area contributed by atoms with Gasteiger partial charge in [-0.1, -0.05) is 13.0 Å². The molecular formula is C14H18BrNS2. The molecule has 18 heavy (non-hydrogen) atoms. The molecule has 0 aliphatic rings. The molecule has 98 valence electrons. The Morgan fingerprint density at radius 3 is 2.89 bits per heavy atom. The predicted molar refractivity (Wildman–Crippen MR) is 85.7 cm³/mol. The van der Waals surface area contributed by atoms with Crippen LogP contribution in [-0.2, 0) is 6.42 Å². The number of halogens is 1. The lowest BCUT2D eigenvalue weighted by Gasteiger charge is -2.17. The Kier molecular flexibility index (Phi) is 5.89. The number of rotatable bonds is 7. The molecular weight excluding hydrogens is 326 g/mol. The van der Waals surface area contributed by atoms with Gasteiger partial charge in [-0.2, -0.15) is 11.3 Å². The van der Waals surface area contributed by atoms with Crippen molar-refractivity contribution in [2.75, 3.05) is 6.54 Å². The zero-order valence-corrected chi connectivity index (χ0v) is 13.7. The van der Waals surface area contributed by atoms with E-state index in [9.17, 15) is 0 Å². The molecule has 2 aromatic rings. The van der Waals surface area contributed by atoms with Crippen LogP contribution in [0.5, 0.6) is 0 Å². The molecule has 0 radical (unpaired) electrons. The normalized spacial score (nSPS) is 12.8. The van der Waals surface area contributed by atoms with E-state index in [1.807, 2.05) is 11.3 Å². The summed E-state index contributed by atoms with van der Waals surface area (Å²) in [6.07, 6.45) is 3.63. The Hall–Kier alpha value is -0.160. The van der Waals surface area contributed by atoms with E-state index in [2.05, 4.69) is 56.4 Å². The largest absolute Gasteiger partial charge is 0.310 e. The minimum absolute atomic E-state index is 0.482. The maximum Gasteiger partial charge on any atom is 0.0339 e. The number of thiophene rings is 2. The first kappa shape index (κ1) is 14.3. The molecule has 2 rings (SSSR count). The molecule has 2 aromatic heterocycles. The third-order valence-corrected chi connectivity index (χ3v) is 5.65. The number of hydrogen-bond donors (Lipinski definition) is 1. The lowest BCUT2D eigenvalue weighted by atomic mass is 10.0. The van der Waals surface area contributed by atoms with Crippen molar-refractivity contribution in [3.05, 3.63) is 43.2 Å². The van der Waals surface area contributed by atoms with Crippen LogP contribution in [0.2, 0.25) is 0 Å². The minimum Gasteiger partial charge on any atom is -0.310 e. The third-order valence-electron chi connectivity index (χ3n) is 2.96. The Bertz CT molecular complexity index is 450. The van der Waals surface area contributed by atoms with Crippen LogP contribution in [0.4, 0.5) is 0 Å². The Morgan fingerprint density at radius 2 is 2.28 bits per heavy atom. The summed E-state index contributed by atoms with van der Waals surface area (Å²) in [6.45, 7) is 3.19. The third kappa shape index (κ3) is 3.92. The van der Waals surface area contributed by atoms with E-state index < -0.39 is 0 Å². The molecule has 0 aliphatic heterocycles. The van der Waals surface area contributed by atoms with Crippen LogP contribution in [0, 0.1) is 0 Å². The summed E-state index contributed by atoms with van der Waals surface area (Å²) in [7, 11) is 0. The molecule has 0 amide bonds. The van der Waals surface area contributed by atoms with E-state index >= 15 is 0 Å². The molecule has 0 aromatic carbocycles. The quantitative estimate of drug-likeness (QED) is 0.724.